The molecule has 0 aliphatic rings. The molecule has 1 heteroatoms. The van der Waals surface area contributed by atoms with Crippen molar-refractivity contribution >= 4 is 0 Å². The minimum atomic E-state index is -0.187. The Bertz CT molecular complexity index is 691. The molecule has 0 aliphatic heterocycles. The fourth-order valence-corrected chi connectivity index (χ4v) is 3.38. The monoisotopic (exact) mass is 329 g/mol. The van der Waals surface area contributed by atoms with E-state index in [1.54, 1.807) is 0 Å². The van der Waals surface area contributed by atoms with E-state index in [1.165, 1.54) is 16.7 Å². The van der Waals surface area contributed by atoms with Gasteiger partial charge >= 0.3 is 0 Å². The van der Waals surface area contributed by atoms with Gasteiger partial charge in [0.25, 0.3) is 0 Å². The number of benzene rings is 3. The summed E-state index contributed by atoms with van der Waals surface area (Å²) < 4.78 is 0. The van der Waals surface area contributed by atoms with Gasteiger partial charge in [-0.15, -0.1) is 0 Å². The van der Waals surface area contributed by atoms with E-state index in [9.17, 15) is 0 Å². The molecule has 0 atom stereocenters. The Morgan fingerprint density at radius 3 is 1.28 bits per heavy atom. The third-order valence-corrected chi connectivity index (χ3v) is 4.91. The van der Waals surface area contributed by atoms with Crippen LogP contribution in [0.25, 0.3) is 0 Å². The molecule has 0 radical (unpaired) electrons. The van der Waals surface area contributed by atoms with Gasteiger partial charge in [-0.2, -0.15) is 0 Å². The highest BCUT2D eigenvalue weighted by Gasteiger charge is 2.25. The fourth-order valence-electron chi connectivity index (χ4n) is 3.38. The lowest BCUT2D eigenvalue weighted by Crippen LogP contribution is -2.43. The van der Waals surface area contributed by atoms with Gasteiger partial charge in [-0.1, -0.05) is 91.0 Å². The molecular formula is C24H27N. The van der Waals surface area contributed by atoms with Crippen molar-refractivity contribution in [3.05, 3.63) is 108 Å². The molecule has 0 saturated heterocycles. The predicted octanol–water partition coefficient (Wildman–Crippen LogP) is 5.19. The molecule has 128 valence electrons. The number of nitrogens with two attached hydrogens (primary N) is 1. The molecule has 25 heavy (non-hydrogen) atoms. The molecule has 2 N–H and O–H groups in total. The summed E-state index contributed by atoms with van der Waals surface area (Å²) in [6.07, 6.45) is 4.98. The van der Waals surface area contributed by atoms with Crippen molar-refractivity contribution < 1.29 is 0 Å². The zero-order valence-electron chi connectivity index (χ0n) is 14.8. The van der Waals surface area contributed by atoms with Gasteiger partial charge in [0.2, 0.25) is 0 Å². The van der Waals surface area contributed by atoms with Crippen LogP contribution in [-0.2, 0) is 19.3 Å². The van der Waals surface area contributed by atoms with E-state index in [-0.39, 0.29) is 5.54 Å². The number of rotatable bonds is 8. The molecule has 0 bridgehead atoms. The molecular weight excluding hydrogens is 302 g/mol. The lowest BCUT2D eigenvalue weighted by atomic mass is 9.81. The van der Waals surface area contributed by atoms with Gasteiger partial charge in [-0.05, 0) is 48.8 Å². The van der Waals surface area contributed by atoms with E-state index in [4.69, 9.17) is 5.73 Å². The van der Waals surface area contributed by atoms with Gasteiger partial charge in [0.05, 0.1) is 0 Å². The van der Waals surface area contributed by atoms with E-state index in [0.29, 0.717) is 0 Å². The molecule has 0 aliphatic carbocycles. The molecule has 0 aromatic heterocycles. The minimum Gasteiger partial charge on any atom is -0.325 e. The molecule has 3 rings (SSSR count). The van der Waals surface area contributed by atoms with Crippen LogP contribution in [0.5, 0.6) is 0 Å². The largest absolute Gasteiger partial charge is 0.325 e. The lowest BCUT2D eigenvalue weighted by molar-refractivity contribution is 0.362. The van der Waals surface area contributed by atoms with Crippen LogP contribution in [0.4, 0.5) is 0 Å². The number of hydrogen-bond acceptors (Lipinski definition) is 1. The number of aryl methyl sites for hydroxylation is 2. The Kier molecular flexibility index (Phi) is 6.03. The minimum absolute atomic E-state index is 0.187. The second-order valence-corrected chi connectivity index (χ2v) is 7.00. The Balaban J connectivity index is 1.70. The summed E-state index contributed by atoms with van der Waals surface area (Å²) in [4.78, 5) is 0. The van der Waals surface area contributed by atoms with Crippen LogP contribution in [0, 0.1) is 0 Å². The summed E-state index contributed by atoms with van der Waals surface area (Å²) >= 11 is 0. The van der Waals surface area contributed by atoms with E-state index >= 15 is 0 Å². The van der Waals surface area contributed by atoms with E-state index in [2.05, 4.69) is 91.0 Å². The van der Waals surface area contributed by atoms with Crippen LogP contribution in [-0.4, -0.2) is 5.54 Å². The van der Waals surface area contributed by atoms with Gasteiger partial charge in [0, 0.05) is 5.54 Å². The highest BCUT2D eigenvalue weighted by molar-refractivity contribution is 5.21. The Morgan fingerprint density at radius 1 is 0.520 bits per heavy atom. The maximum Gasteiger partial charge on any atom is 0.0201 e. The zero-order chi connectivity index (χ0) is 17.4. The van der Waals surface area contributed by atoms with Crippen LogP contribution < -0.4 is 5.73 Å². The fraction of sp³-hybridized carbons (Fsp3) is 0.250. The van der Waals surface area contributed by atoms with Crippen molar-refractivity contribution in [1.29, 1.82) is 0 Å². The quantitative estimate of drug-likeness (QED) is 0.604. The molecule has 3 aromatic rings. The second-order valence-electron chi connectivity index (χ2n) is 7.00. The summed E-state index contributed by atoms with van der Waals surface area (Å²) in [5, 5.41) is 0. The van der Waals surface area contributed by atoms with Gasteiger partial charge < -0.3 is 5.73 Å². The van der Waals surface area contributed by atoms with Crippen LogP contribution in [0.15, 0.2) is 91.0 Å². The first-order valence-electron chi connectivity index (χ1n) is 9.14. The summed E-state index contributed by atoms with van der Waals surface area (Å²) in [5.74, 6) is 0. The molecule has 0 saturated carbocycles. The summed E-state index contributed by atoms with van der Waals surface area (Å²) in [7, 11) is 0. The van der Waals surface area contributed by atoms with Crippen LogP contribution in [0.1, 0.15) is 29.5 Å². The van der Waals surface area contributed by atoms with E-state index in [1.807, 2.05) is 0 Å². The first-order valence-corrected chi connectivity index (χ1v) is 9.14. The van der Waals surface area contributed by atoms with Gasteiger partial charge in [-0.25, -0.2) is 0 Å². The van der Waals surface area contributed by atoms with Crippen molar-refractivity contribution in [1.82, 2.24) is 0 Å². The first kappa shape index (κ1) is 17.4. The molecule has 0 unspecified atom stereocenters. The molecule has 3 aromatic carbocycles. The topological polar surface area (TPSA) is 26.0 Å². The maximum atomic E-state index is 6.93. The van der Waals surface area contributed by atoms with Crippen molar-refractivity contribution in [2.75, 3.05) is 0 Å². The molecule has 0 heterocycles. The highest BCUT2D eigenvalue weighted by Crippen LogP contribution is 2.23. The van der Waals surface area contributed by atoms with Crippen molar-refractivity contribution in [2.45, 2.75) is 37.6 Å². The van der Waals surface area contributed by atoms with Crippen LogP contribution >= 0.6 is 0 Å². The molecule has 0 fully saturated rings. The zero-order valence-corrected chi connectivity index (χ0v) is 14.8. The standard InChI is InChI=1S/C24H27N/c25-24(20-23-14-8-3-9-15-23,18-16-21-10-4-1-5-11-21)19-17-22-12-6-2-7-13-22/h1-15H,16-20,25H2. The molecule has 1 nitrogen and oxygen atoms in total. The summed E-state index contributed by atoms with van der Waals surface area (Å²) in [6.45, 7) is 0. The lowest BCUT2D eigenvalue weighted by Gasteiger charge is -2.30. The Labute approximate surface area is 151 Å². The van der Waals surface area contributed by atoms with Crippen LogP contribution in [0.3, 0.4) is 0 Å². The van der Waals surface area contributed by atoms with E-state index < -0.39 is 0 Å². The van der Waals surface area contributed by atoms with Crippen molar-refractivity contribution in [3.8, 4) is 0 Å². The summed E-state index contributed by atoms with van der Waals surface area (Å²) in [6, 6.07) is 32.0. The summed E-state index contributed by atoms with van der Waals surface area (Å²) in [5.41, 5.74) is 10.8. The Hall–Kier alpha value is -2.38. The van der Waals surface area contributed by atoms with Gasteiger partial charge in [0.15, 0.2) is 0 Å². The third kappa shape index (κ3) is 5.58. The third-order valence-electron chi connectivity index (χ3n) is 4.91. The predicted molar refractivity (Wildman–Crippen MR) is 107 cm³/mol. The van der Waals surface area contributed by atoms with Crippen molar-refractivity contribution in [3.63, 3.8) is 0 Å². The van der Waals surface area contributed by atoms with Crippen LogP contribution in [0.2, 0.25) is 0 Å². The van der Waals surface area contributed by atoms with E-state index in [0.717, 1.165) is 32.1 Å². The second kappa shape index (κ2) is 8.64. The van der Waals surface area contributed by atoms with Crippen molar-refractivity contribution in [2.24, 2.45) is 5.73 Å². The van der Waals surface area contributed by atoms with Gasteiger partial charge in [0.1, 0.15) is 0 Å². The average molecular weight is 329 g/mol. The number of hydrogen-bond donors (Lipinski definition) is 1. The molecule has 0 spiro atoms. The normalized spacial score (nSPS) is 11.4. The molecule has 0 amide bonds. The first-order chi connectivity index (χ1) is 12.2. The Morgan fingerprint density at radius 2 is 0.880 bits per heavy atom. The average Bonchev–Trinajstić information content (AvgIpc) is 2.68. The maximum absolute atomic E-state index is 6.93. The smallest absolute Gasteiger partial charge is 0.0201 e. The van der Waals surface area contributed by atoms with Gasteiger partial charge in [-0.3, -0.25) is 0 Å². The SMILES string of the molecule is NC(CCc1ccccc1)(CCc1ccccc1)Cc1ccccc1. The highest BCUT2D eigenvalue weighted by atomic mass is 14.7.